The van der Waals surface area contributed by atoms with Gasteiger partial charge in [-0.25, -0.2) is 4.68 Å². The van der Waals surface area contributed by atoms with Gasteiger partial charge in [0.15, 0.2) is 0 Å². The van der Waals surface area contributed by atoms with Crippen molar-refractivity contribution in [3.05, 3.63) is 32.8 Å². The number of aryl methyl sites for hydroxylation is 2. The van der Waals surface area contributed by atoms with E-state index in [1.165, 1.54) is 0 Å². The van der Waals surface area contributed by atoms with Crippen molar-refractivity contribution in [3.63, 3.8) is 0 Å². The standard InChI is InChI=1S/C11H11Br2N3O/c1-6-10(14)11(16(2)15-6)17-9-4-3-7(12)5-8(9)13/h3-5H,14H2,1-2H3. The van der Waals surface area contributed by atoms with Crippen molar-refractivity contribution in [2.24, 2.45) is 7.05 Å². The molecule has 1 aromatic carbocycles. The number of nitrogens with zero attached hydrogens (tertiary/aromatic N) is 2. The fraction of sp³-hybridized carbons (Fsp3) is 0.182. The molecule has 17 heavy (non-hydrogen) atoms. The van der Waals surface area contributed by atoms with Gasteiger partial charge >= 0.3 is 0 Å². The van der Waals surface area contributed by atoms with Crippen LogP contribution in [0.1, 0.15) is 5.69 Å². The van der Waals surface area contributed by atoms with Gasteiger partial charge < -0.3 is 10.5 Å². The molecule has 1 heterocycles. The molecule has 4 nitrogen and oxygen atoms in total. The van der Waals surface area contributed by atoms with Crippen molar-refractivity contribution in [1.82, 2.24) is 9.78 Å². The number of nitrogens with two attached hydrogens (primary N) is 1. The average molecular weight is 361 g/mol. The molecule has 0 spiro atoms. The molecule has 0 radical (unpaired) electrons. The smallest absolute Gasteiger partial charge is 0.241 e. The number of halogens is 2. The second-order valence-corrected chi connectivity index (χ2v) is 5.37. The van der Waals surface area contributed by atoms with E-state index in [0.717, 1.165) is 14.6 Å². The second kappa shape index (κ2) is 4.70. The first kappa shape index (κ1) is 12.4. The molecule has 1 aromatic heterocycles. The first-order chi connectivity index (χ1) is 7.99. The minimum atomic E-state index is 0.547. The lowest BCUT2D eigenvalue weighted by Crippen LogP contribution is -1.97. The third-order valence-corrected chi connectivity index (χ3v) is 3.43. The minimum Gasteiger partial charge on any atom is -0.436 e. The number of rotatable bonds is 2. The molecule has 0 aliphatic carbocycles. The maximum Gasteiger partial charge on any atom is 0.241 e. The van der Waals surface area contributed by atoms with Gasteiger partial charge in [0.1, 0.15) is 11.4 Å². The summed E-state index contributed by atoms with van der Waals surface area (Å²) in [7, 11) is 1.80. The van der Waals surface area contributed by atoms with Gasteiger partial charge in [-0.05, 0) is 41.1 Å². The Morgan fingerprint density at radius 2 is 2.06 bits per heavy atom. The molecule has 0 bridgehead atoms. The molecule has 2 aromatic rings. The third-order valence-electron chi connectivity index (χ3n) is 2.31. The highest BCUT2D eigenvalue weighted by Crippen LogP contribution is 2.34. The lowest BCUT2D eigenvalue weighted by molar-refractivity contribution is 0.430. The second-order valence-electron chi connectivity index (χ2n) is 3.60. The Bertz CT molecular complexity index is 566. The quantitative estimate of drug-likeness (QED) is 0.889. The van der Waals surface area contributed by atoms with Gasteiger partial charge in [0.25, 0.3) is 0 Å². The zero-order chi connectivity index (χ0) is 12.6. The van der Waals surface area contributed by atoms with Crippen LogP contribution in [0.3, 0.4) is 0 Å². The van der Waals surface area contributed by atoms with Crippen LogP contribution in [-0.4, -0.2) is 9.78 Å². The molecule has 0 aliphatic rings. The van der Waals surface area contributed by atoms with Crippen molar-refractivity contribution in [2.45, 2.75) is 6.92 Å². The summed E-state index contributed by atoms with van der Waals surface area (Å²) in [5.41, 5.74) is 7.22. The first-order valence-corrected chi connectivity index (χ1v) is 6.49. The maximum atomic E-state index is 5.90. The average Bonchev–Trinajstić information content (AvgIpc) is 2.48. The van der Waals surface area contributed by atoms with Crippen LogP contribution < -0.4 is 10.5 Å². The van der Waals surface area contributed by atoms with Gasteiger partial charge in [0.05, 0.1) is 10.2 Å². The van der Waals surface area contributed by atoms with E-state index >= 15 is 0 Å². The van der Waals surface area contributed by atoms with E-state index in [2.05, 4.69) is 37.0 Å². The Balaban J connectivity index is 2.38. The number of aromatic nitrogens is 2. The summed E-state index contributed by atoms with van der Waals surface area (Å²) in [5, 5.41) is 4.20. The summed E-state index contributed by atoms with van der Waals surface area (Å²) in [6.07, 6.45) is 0. The summed E-state index contributed by atoms with van der Waals surface area (Å²) in [4.78, 5) is 0. The Morgan fingerprint density at radius 3 is 2.59 bits per heavy atom. The fourth-order valence-corrected chi connectivity index (χ4v) is 2.56. The van der Waals surface area contributed by atoms with E-state index in [9.17, 15) is 0 Å². The van der Waals surface area contributed by atoms with Gasteiger partial charge in [0, 0.05) is 11.5 Å². The van der Waals surface area contributed by atoms with E-state index in [-0.39, 0.29) is 0 Å². The number of benzene rings is 1. The van der Waals surface area contributed by atoms with Crippen molar-refractivity contribution in [2.75, 3.05) is 5.73 Å². The van der Waals surface area contributed by atoms with Crippen LogP contribution in [0.25, 0.3) is 0 Å². The summed E-state index contributed by atoms with van der Waals surface area (Å²) >= 11 is 6.82. The minimum absolute atomic E-state index is 0.547. The predicted octanol–water partition coefficient (Wildman–Crippen LogP) is 3.63. The van der Waals surface area contributed by atoms with Crippen molar-refractivity contribution in [3.8, 4) is 11.6 Å². The highest BCUT2D eigenvalue weighted by molar-refractivity contribution is 9.11. The van der Waals surface area contributed by atoms with Gasteiger partial charge in [-0.3, -0.25) is 0 Å². The maximum absolute atomic E-state index is 5.90. The number of anilines is 1. The summed E-state index contributed by atoms with van der Waals surface area (Å²) in [5.74, 6) is 1.24. The van der Waals surface area contributed by atoms with E-state index in [1.54, 1.807) is 11.7 Å². The van der Waals surface area contributed by atoms with Crippen LogP contribution in [0.15, 0.2) is 27.1 Å². The van der Waals surface area contributed by atoms with Gasteiger partial charge in [-0.1, -0.05) is 15.9 Å². The highest BCUT2D eigenvalue weighted by Gasteiger charge is 2.13. The molecule has 0 atom stereocenters. The largest absolute Gasteiger partial charge is 0.436 e. The molecule has 0 amide bonds. The van der Waals surface area contributed by atoms with E-state index in [0.29, 0.717) is 17.3 Å². The van der Waals surface area contributed by atoms with Crippen LogP contribution in [0.2, 0.25) is 0 Å². The summed E-state index contributed by atoms with van der Waals surface area (Å²) in [6.45, 7) is 1.85. The molecule has 0 saturated heterocycles. The normalized spacial score (nSPS) is 10.6. The Kier molecular flexibility index (Phi) is 3.44. The molecule has 0 fully saturated rings. The third kappa shape index (κ3) is 2.47. The Morgan fingerprint density at radius 1 is 1.35 bits per heavy atom. The number of hydrogen-bond acceptors (Lipinski definition) is 3. The first-order valence-electron chi connectivity index (χ1n) is 4.91. The number of ether oxygens (including phenoxy) is 1. The molecule has 0 aliphatic heterocycles. The fourth-order valence-electron chi connectivity index (χ4n) is 1.44. The molecule has 6 heteroatoms. The molecular weight excluding hydrogens is 350 g/mol. The zero-order valence-corrected chi connectivity index (χ0v) is 12.5. The van der Waals surface area contributed by atoms with Gasteiger partial charge in [0.2, 0.25) is 5.88 Å². The molecule has 0 unspecified atom stereocenters. The van der Waals surface area contributed by atoms with Crippen LogP contribution in [0.5, 0.6) is 11.6 Å². The van der Waals surface area contributed by atoms with Crippen molar-refractivity contribution in [1.29, 1.82) is 0 Å². The number of hydrogen-bond donors (Lipinski definition) is 1. The van der Waals surface area contributed by atoms with Crippen molar-refractivity contribution >= 4 is 37.5 Å². The Labute approximate surface area is 116 Å². The molecule has 90 valence electrons. The molecular formula is C11H11Br2N3O. The van der Waals surface area contributed by atoms with E-state index < -0.39 is 0 Å². The van der Waals surface area contributed by atoms with Gasteiger partial charge in [-0.2, -0.15) is 5.10 Å². The number of nitrogen functional groups attached to an aromatic ring is 1. The Hall–Kier alpha value is -1.01. The molecule has 0 saturated carbocycles. The summed E-state index contributed by atoms with van der Waals surface area (Å²) in [6, 6.07) is 5.67. The van der Waals surface area contributed by atoms with Crippen LogP contribution >= 0.6 is 31.9 Å². The zero-order valence-electron chi connectivity index (χ0n) is 9.37. The van der Waals surface area contributed by atoms with Gasteiger partial charge in [-0.15, -0.1) is 0 Å². The van der Waals surface area contributed by atoms with Crippen LogP contribution in [0.4, 0.5) is 5.69 Å². The molecule has 2 rings (SSSR count). The lowest BCUT2D eigenvalue weighted by Gasteiger charge is -2.08. The molecule has 2 N–H and O–H groups in total. The highest BCUT2D eigenvalue weighted by atomic mass is 79.9. The monoisotopic (exact) mass is 359 g/mol. The van der Waals surface area contributed by atoms with E-state index in [1.807, 2.05) is 25.1 Å². The van der Waals surface area contributed by atoms with Crippen LogP contribution in [0, 0.1) is 6.92 Å². The lowest BCUT2D eigenvalue weighted by atomic mass is 10.3. The topological polar surface area (TPSA) is 53.1 Å². The van der Waals surface area contributed by atoms with Crippen molar-refractivity contribution < 1.29 is 4.74 Å². The van der Waals surface area contributed by atoms with E-state index in [4.69, 9.17) is 10.5 Å². The van der Waals surface area contributed by atoms with Crippen LogP contribution in [-0.2, 0) is 7.05 Å². The SMILES string of the molecule is Cc1nn(C)c(Oc2ccc(Br)cc2Br)c1N. The predicted molar refractivity (Wildman–Crippen MR) is 74.3 cm³/mol. The summed E-state index contributed by atoms with van der Waals surface area (Å²) < 4.78 is 9.21.